The fraction of sp³-hybridized carbons (Fsp3) is 0.143. The second-order valence-electron chi connectivity index (χ2n) is 6.16. The van der Waals surface area contributed by atoms with Gasteiger partial charge >= 0.3 is 0 Å². The van der Waals surface area contributed by atoms with Crippen LogP contribution in [0.1, 0.15) is 34.5 Å². The van der Waals surface area contributed by atoms with Crippen LogP contribution in [-0.4, -0.2) is 10.9 Å². The number of benzene rings is 2. The molecule has 0 aliphatic rings. The van der Waals surface area contributed by atoms with Gasteiger partial charge in [-0.2, -0.15) is 0 Å². The van der Waals surface area contributed by atoms with E-state index in [1.807, 2.05) is 62.4 Å². The van der Waals surface area contributed by atoms with Gasteiger partial charge < -0.3 is 10.6 Å². The van der Waals surface area contributed by atoms with Gasteiger partial charge in [-0.05, 0) is 43.2 Å². The lowest BCUT2D eigenvalue weighted by molar-refractivity contribution is 0.0939. The molecule has 3 rings (SSSR count). The minimum absolute atomic E-state index is 0.0868. The van der Waals surface area contributed by atoms with E-state index in [-0.39, 0.29) is 11.9 Å². The van der Waals surface area contributed by atoms with Gasteiger partial charge in [0.1, 0.15) is 0 Å². The van der Waals surface area contributed by atoms with Crippen LogP contribution in [0.4, 0.5) is 11.4 Å². The lowest BCUT2D eigenvalue weighted by atomic mass is 10.1. The second kappa shape index (κ2) is 8.02. The molecule has 0 aliphatic heterocycles. The molecule has 0 aliphatic carbocycles. The first-order valence-corrected chi connectivity index (χ1v) is 8.75. The number of amides is 1. The summed E-state index contributed by atoms with van der Waals surface area (Å²) in [7, 11) is 0. The molecule has 1 unspecified atom stereocenters. The lowest BCUT2D eigenvalue weighted by Crippen LogP contribution is -2.26. The summed E-state index contributed by atoms with van der Waals surface area (Å²) in [6.45, 7) is 3.91. The average molecular weight is 366 g/mol. The highest BCUT2D eigenvalue weighted by atomic mass is 35.5. The van der Waals surface area contributed by atoms with Crippen molar-refractivity contribution in [2.45, 2.75) is 19.9 Å². The van der Waals surface area contributed by atoms with E-state index in [1.165, 1.54) is 0 Å². The number of aryl methyl sites for hydroxylation is 1. The predicted octanol–water partition coefficient (Wildman–Crippen LogP) is 5.28. The maximum atomic E-state index is 12.5. The minimum Gasteiger partial charge on any atom is -0.354 e. The first kappa shape index (κ1) is 18.0. The molecule has 0 radical (unpaired) electrons. The summed E-state index contributed by atoms with van der Waals surface area (Å²) >= 11 is 6.16. The monoisotopic (exact) mass is 365 g/mol. The maximum Gasteiger partial charge on any atom is 0.253 e. The van der Waals surface area contributed by atoms with Gasteiger partial charge in [-0.25, -0.2) is 0 Å². The van der Waals surface area contributed by atoms with Crippen molar-refractivity contribution in [2.75, 3.05) is 5.32 Å². The third kappa shape index (κ3) is 4.41. The summed E-state index contributed by atoms with van der Waals surface area (Å²) in [5.74, 6) is -0.167. The molecule has 2 N–H and O–H groups in total. The molecule has 5 heteroatoms. The zero-order valence-corrected chi connectivity index (χ0v) is 15.4. The van der Waals surface area contributed by atoms with Crippen molar-refractivity contribution in [3.63, 3.8) is 0 Å². The van der Waals surface area contributed by atoms with Crippen molar-refractivity contribution in [3.05, 3.63) is 88.7 Å². The molecule has 0 saturated heterocycles. The van der Waals surface area contributed by atoms with Crippen LogP contribution in [0.25, 0.3) is 0 Å². The van der Waals surface area contributed by atoms with Gasteiger partial charge in [0.15, 0.2) is 0 Å². The summed E-state index contributed by atoms with van der Waals surface area (Å²) in [4.78, 5) is 16.7. The van der Waals surface area contributed by atoms with Crippen molar-refractivity contribution >= 4 is 28.9 Å². The number of halogens is 1. The van der Waals surface area contributed by atoms with Crippen LogP contribution in [0.5, 0.6) is 0 Å². The lowest BCUT2D eigenvalue weighted by Gasteiger charge is -2.15. The van der Waals surface area contributed by atoms with E-state index in [4.69, 9.17) is 11.6 Å². The van der Waals surface area contributed by atoms with Crippen molar-refractivity contribution in [1.29, 1.82) is 0 Å². The third-order valence-electron chi connectivity index (χ3n) is 4.11. The normalized spacial score (nSPS) is 11.7. The zero-order valence-electron chi connectivity index (χ0n) is 14.7. The molecular formula is C21H20ClN3O. The van der Waals surface area contributed by atoms with E-state index < -0.39 is 0 Å². The first-order chi connectivity index (χ1) is 12.5. The number of pyridine rings is 1. The largest absolute Gasteiger partial charge is 0.354 e. The number of aromatic nitrogens is 1. The maximum absolute atomic E-state index is 12.5. The third-order valence-corrected chi connectivity index (χ3v) is 4.52. The van der Waals surface area contributed by atoms with E-state index in [2.05, 4.69) is 15.6 Å². The molecule has 2 aromatic carbocycles. The van der Waals surface area contributed by atoms with Crippen LogP contribution in [0.3, 0.4) is 0 Å². The van der Waals surface area contributed by atoms with Gasteiger partial charge in [0, 0.05) is 16.9 Å². The Morgan fingerprint density at radius 1 is 1.04 bits per heavy atom. The van der Waals surface area contributed by atoms with E-state index in [0.717, 1.165) is 22.5 Å². The number of carbonyl (C=O) groups excluding carboxylic acids is 1. The molecule has 0 bridgehead atoms. The summed E-state index contributed by atoms with van der Waals surface area (Å²) in [5.41, 5.74) is 4.13. The highest BCUT2D eigenvalue weighted by Crippen LogP contribution is 2.23. The van der Waals surface area contributed by atoms with Crippen molar-refractivity contribution < 1.29 is 4.79 Å². The summed E-state index contributed by atoms with van der Waals surface area (Å²) in [6, 6.07) is 17.2. The number of carbonyl (C=O) groups is 1. The minimum atomic E-state index is -0.167. The van der Waals surface area contributed by atoms with Gasteiger partial charge in [-0.3, -0.25) is 9.78 Å². The number of rotatable bonds is 5. The van der Waals surface area contributed by atoms with Crippen LogP contribution in [-0.2, 0) is 0 Å². The van der Waals surface area contributed by atoms with Gasteiger partial charge in [0.05, 0.1) is 23.5 Å². The molecular weight excluding hydrogens is 346 g/mol. The molecule has 1 aromatic heterocycles. The fourth-order valence-electron chi connectivity index (χ4n) is 2.57. The van der Waals surface area contributed by atoms with E-state index in [1.54, 1.807) is 18.5 Å². The standard InChI is InChI=1S/C21H20ClN3O/c1-14-8-9-18(11-20(14)22)25-19-10-17(12-23-13-19)21(26)24-15(2)16-6-4-3-5-7-16/h3-13,15,25H,1-2H3,(H,24,26). The topological polar surface area (TPSA) is 54.0 Å². The van der Waals surface area contributed by atoms with Crippen LogP contribution in [0.2, 0.25) is 5.02 Å². The highest BCUT2D eigenvalue weighted by Gasteiger charge is 2.12. The Hall–Kier alpha value is -2.85. The Morgan fingerprint density at radius 2 is 1.81 bits per heavy atom. The first-order valence-electron chi connectivity index (χ1n) is 8.37. The molecule has 0 fully saturated rings. The number of nitrogens with one attached hydrogen (secondary N) is 2. The van der Waals surface area contributed by atoms with Crippen molar-refractivity contribution in [3.8, 4) is 0 Å². The van der Waals surface area contributed by atoms with E-state index in [9.17, 15) is 4.79 Å². The molecule has 0 saturated carbocycles. The van der Waals surface area contributed by atoms with E-state index in [0.29, 0.717) is 10.6 Å². The zero-order chi connectivity index (χ0) is 18.5. The Bertz CT molecular complexity index is 912. The fourth-order valence-corrected chi connectivity index (χ4v) is 2.76. The molecule has 132 valence electrons. The summed E-state index contributed by atoms with van der Waals surface area (Å²) < 4.78 is 0. The van der Waals surface area contributed by atoms with Crippen LogP contribution in [0.15, 0.2) is 67.0 Å². The number of hydrogen-bond acceptors (Lipinski definition) is 3. The van der Waals surface area contributed by atoms with Gasteiger partial charge in [0.25, 0.3) is 5.91 Å². The molecule has 1 amide bonds. The molecule has 0 spiro atoms. The summed E-state index contributed by atoms with van der Waals surface area (Å²) in [5, 5.41) is 6.91. The van der Waals surface area contributed by atoms with Crippen molar-refractivity contribution in [2.24, 2.45) is 0 Å². The van der Waals surface area contributed by atoms with Crippen LogP contribution in [0, 0.1) is 6.92 Å². The molecule has 3 aromatic rings. The van der Waals surface area contributed by atoms with E-state index >= 15 is 0 Å². The number of anilines is 2. The molecule has 1 atom stereocenters. The van der Waals surface area contributed by atoms with Crippen LogP contribution >= 0.6 is 11.6 Å². The second-order valence-corrected chi connectivity index (χ2v) is 6.56. The highest BCUT2D eigenvalue weighted by molar-refractivity contribution is 6.31. The average Bonchev–Trinajstić information content (AvgIpc) is 2.65. The SMILES string of the molecule is Cc1ccc(Nc2cncc(C(=O)NC(C)c3ccccc3)c2)cc1Cl. The molecule has 26 heavy (non-hydrogen) atoms. The van der Waals surface area contributed by atoms with Gasteiger partial charge in [-0.1, -0.05) is 48.0 Å². The predicted molar refractivity (Wildman–Crippen MR) is 106 cm³/mol. The van der Waals surface area contributed by atoms with Crippen LogP contribution < -0.4 is 10.6 Å². The molecule has 4 nitrogen and oxygen atoms in total. The Labute approximate surface area is 158 Å². The Kier molecular flexibility index (Phi) is 5.54. The molecule has 1 heterocycles. The number of hydrogen-bond donors (Lipinski definition) is 2. The number of nitrogens with zero attached hydrogens (tertiary/aromatic N) is 1. The Balaban J connectivity index is 1.72. The Morgan fingerprint density at radius 3 is 2.54 bits per heavy atom. The smallest absolute Gasteiger partial charge is 0.253 e. The van der Waals surface area contributed by atoms with Gasteiger partial charge in [-0.15, -0.1) is 0 Å². The quantitative estimate of drug-likeness (QED) is 0.646. The van der Waals surface area contributed by atoms with Crippen molar-refractivity contribution in [1.82, 2.24) is 10.3 Å². The summed E-state index contributed by atoms with van der Waals surface area (Å²) in [6.07, 6.45) is 3.23. The van der Waals surface area contributed by atoms with Gasteiger partial charge in [0.2, 0.25) is 0 Å².